The molecule has 0 saturated heterocycles. The number of ether oxygens (including phenoxy) is 1. The van der Waals surface area contributed by atoms with Gasteiger partial charge in [-0.2, -0.15) is 10.3 Å². The van der Waals surface area contributed by atoms with Crippen molar-refractivity contribution in [2.45, 2.75) is 20.0 Å². The van der Waals surface area contributed by atoms with E-state index in [0.717, 1.165) is 0 Å². The van der Waals surface area contributed by atoms with Crippen LogP contribution >= 0.6 is 0 Å². The summed E-state index contributed by atoms with van der Waals surface area (Å²) >= 11 is 0. The molecule has 0 bridgehead atoms. The summed E-state index contributed by atoms with van der Waals surface area (Å²) in [6.45, 7) is 4.02. The van der Waals surface area contributed by atoms with Gasteiger partial charge in [0, 0.05) is 6.61 Å². The number of aromatic amines is 1. The number of carbonyl (C=O) groups is 1. The number of aromatic nitrogens is 3. The smallest absolute Gasteiger partial charge is 0.254 e. The molecule has 0 aliphatic rings. The molecule has 1 unspecified atom stereocenters. The largest absolute Gasteiger partial charge is 0.369 e. The standard InChI is InChI=1S/C7H12N4O2/c1-3-13-5(2)7(12)9-6-4-8-11-10-6/h4-5H,3H2,1-2H3,(H2,8,9,10,11,12). The van der Waals surface area contributed by atoms with Crippen molar-refractivity contribution in [2.24, 2.45) is 0 Å². The molecule has 2 N–H and O–H groups in total. The first-order valence-electron chi connectivity index (χ1n) is 4.02. The molecule has 72 valence electrons. The summed E-state index contributed by atoms with van der Waals surface area (Å²) in [5.74, 6) is 0.173. The van der Waals surface area contributed by atoms with Crippen molar-refractivity contribution in [1.82, 2.24) is 15.4 Å². The number of anilines is 1. The fourth-order valence-corrected chi connectivity index (χ4v) is 0.815. The molecule has 0 aliphatic carbocycles. The van der Waals surface area contributed by atoms with Crippen LogP contribution in [0.1, 0.15) is 13.8 Å². The highest BCUT2D eigenvalue weighted by molar-refractivity contribution is 5.92. The van der Waals surface area contributed by atoms with Crippen molar-refractivity contribution in [1.29, 1.82) is 0 Å². The minimum atomic E-state index is -0.471. The van der Waals surface area contributed by atoms with Crippen molar-refractivity contribution in [3.8, 4) is 0 Å². The maximum Gasteiger partial charge on any atom is 0.254 e. The second-order valence-electron chi connectivity index (χ2n) is 2.44. The Kier molecular flexibility index (Phi) is 3.39. The van der Waals surface area contributed by atoms with E-state index in [1.54, 1.807) is 6.92 Å². The third-order valence-corrected chi connectivity index (χ3v) is 1.45. The van der Waals surface area contributed by atoms with Gasteiger partial charge in [-0.3, -0.25) is 4.79 Å². The van der Waals surface area contributed by atoms with Gasteiger partial charge >= 0.3 is 0 Å². The number of rotatable bonds is 4. The Morgan fingerprint density at radius 1 is 1.85 bits per heavy atom. The predicted octanol–water partition coefficient (Wildman–Crippen LogP) is 0.168. The molecule has 1 amide bonds. The molecular weight excluding hydrogens is 172 g/mol. The highest BCUT2D eigenvalue weighted by atomic mass is 16.5. The predicted molar refractivity (Wildman–Crippen MR) is 46.1 cm³/mol. The van der Waals surface area contributed by atoms with Gasteiger partial charge in [0.25, 0.3) is 5.91 Å². The number of nitrogens with one attached hydrogen (secondary N) is 2. The Bertz CT molecular complexity index is 259. The number of carbonyl (C=O) groups excluding carboxylic acids is 1. The first kappa shape index (κ1) is 9.66. The second-order valence-corrected chi connectivity index (χ2v) is 2.44. The minimum Gasteiger partial charge on any atom is -0.369 e. The van der Waals surface area contributed by atoms with Gasteiger partial charge in [0.1, 0.15) is 6.10 Å². The summed E-state index contributed by atoms with van der Waals surface area (Å²) in [6, 6.07) is 0. The monoisotopic (exact) mass is 184 g/mol. The topological polar surface area (TPSA) is 79.9 Å². The third-order valence-electron chi connectivity index (χ3n) is 1.45. The first-order chi connectivity index (χ1) is 6.24. The Hall–Kier alpha value is -1.43. The van der Waals surface area contributed by atoms with Gasteiger partial charge in [-0.1, -0.05) is 0 Å². The van der Waals surface area contributed by atoms with Crippen molar-refractivity contribution < 1.29 is 9.53 Å². The summed E-state index contributed by atoms with van der Waals surface area (Å²) in [4.78, 5) is 11.3. The number of amides is 1. The Labute approximate surface area is 75.7 Å². The van der Waals surface area contributed by atoms with Crippen LogP contribution in [0.3, 0.4) is 0 Å². The summed E-state index contributed by atoms with van der Waals surface area (Å²) in [6.07, 6.45) is 0.957. The normalized spacial score (nSPS) is 12.5. The van der Waals surface area contributed by atoms with E-state index in [2.05, 4.69) is 20.7 Å². The van der Waals surface area contributed by atoms with Crippen LogP contribution in [0.4, 0.5) is 5.82 Å². The van der Waals surface area contributed by atoms with Gasteiger partial charge in [-0.25, -0.2) is 0 Å². The maximum absolute atomic E-state index is 11.3. The molecule has 1 atom stereocenters. The van der Waals surface area contributed by atoms with Crippen LogP contribution in [-0.4, -0.2) is 34.0 Å². The van der Waals surface area contributed by atoms with Crippen molar-refractivity contribution >= 4 is 11.7 Å². The zero-order valence-electron chi connectivity index (χ0n) is 7.57. The van der Waals surface area contributed by atoms with E-state index < -0.39 is 6.10 Å². The zero-order valence-corrected chi connectivity index (χ0v) is 7.57. The van der Waals surface area contributed by atoms with Crippen LogP contribution in [0.15, 0.2) is 6.20 Å². The lowest BCUT2D eigenvalue weighted by Crippen LogP contribution is -2.27. The molecule has 0 fully saturated rings. The van der Waals surface area contributed by atoms with E-state index in [9.17, 15) is 4.79 Å². The van der Waals surface area contributed by atoms with Gasteiger partial charge in [-0.05, 0) is 13.8 Å². The van der Waals surface area contributed by atoms with Crippen LogP contribution in [0.5, 0.6) is 0 Å². The molecule has 1 rings (SSSR count). The molecule has 0 radical (unpaired) electrons. The SMILES string of the molecule is CCOC(C)C(=O)Nc1cn[nH]n1. The Balaban J connectivity index is 2.41. The average Bonchev–Trinajstić information content (AvgIpc) is 2.57. The number of hydrogen-bond donors (Lipinski definition) is 2. The van der Waals surface area contributed by atoms with Crippen LogP contribution in [0, 0.1) is 0 Å². The molecule has 1 aromatic rings. The van der Waals surface area contributed by atoms with E-state index in [0.29, 0.717) is 12.4 Å². The second kappa shape index (κ2) is 4.56. The number of nitrogens with zero attached hydrogens (tertiary/aromatic N) is 2. The highest BCUT2D eigenvalue weighted by Crippen LogP contribution is 1.99. The van der Waals surface area contributed by atoms with Crippen molar-refractivity contribution in [3.63, 3.8) is 0 Å². The Morgan fingerprint density at radius 3 is 3.15 bits per heavy atom. The summed E-state index contributed by atoms with van der Waals surface area (Å²) in [7, 11) is 0. The van der Waals surface area contributed by atoms with Gasteiger partial charge < -0.3 is 10.1 Å². The molecule has 0 saturated carbocycles. The lowest BCUT2D eigenvalue weighted by Gasteiger charge is -2.09. The van der Waals surface area contributed by atoms with Crippen LogP contribution in [-0.2, 0) is 9.53 Å². The van der Waals surface area contributed by atoms with Crippen molar-refractivity contribution in [2.75, 3.05) is 11.9 Å². The zero-order chi connectivity index (χ0) is 9.68. The van der Waals surface area contributed by atoms with Gasteiger partial charge in [0.05, 0.1) is 6.20 Å². The molecule has 1 aromatic heterocycles. The van der Waals surface area contributed by atoms with Crippen LogP contribution in [0.25, 0.3) is 0 Å². The first-order valence-corrected chi connectivity index (χ1v) is 4.02. The Morgan fingerprint density at radius 2 is 2.62 bits per heavy atom. The summed E-state index contributed by atoms with van der Waals surface area (Å²) < 4.78 is 5.08. The number of hydrogen-bond acceptors (Lipinski definition) is 4. The molecule has 6 heteroatoms. The number of H-pyrrole nitrogens is 1. The van der Waals surface area contributed by atoms with Gasteiger partial charge in [-0.15, -0.1) is 5.10 Å². The molecule has 0 aromatic carbocycles. The van der Waals surface area contributed by atoms with E-state index >= 15 is 0 Å². The van der Waals surface area contributed by atoms with Crippen molar-refractivity contribution in [3.05, 3.63) is 6.20 Å². The molecular formula is C7H12N4O2. The molecule has 13 heavy (non-hydrogen) atoms. The lowest BCUT2D eigenvalue weighted by atomic mass is 10.4. The third kappa shape index (κ3) is 2.83. The molecule has 1 heterocycles. The van der Waals surface area contributed by atoms with E-state index in [-0.39, 0.29) is 5.91 Å². The maximum atomic E-state index is 11.3. The minimum absolute atomic E-state index is 0.226. The van der Waals surface area contributed by atoms with E-state index in [4.69, 9.17) is 4.74 Å². The van der Waals surface area contributed by atoms with E-state index in [1.807, 2.05) is 6.92 Å². The summed E-state index contributed by atoms with van der Waals surface area (Å²) in [5, 5.41) is 12.2. The lowest BCUT2D eigenvalue weighted by molar-refractivity contribution is -0.126. The summed E-state index contributed by atoms with van der Waals surface area (Å²) in [5.41, 5.74) is 0. The van der Waals surface area contributed by atoms with Crippen LogP contribution in [0.2, 0.25) is 0 Å². The quantitative estimate of drug-likeness (QED) is 0.699. The average molecular weight is 184 g/mol. The van der Waals surface area contributed by atoms with Gasteiger partial charge in [0.2, 0.25) is 0 Å². The fourth-order valence-electron chi connectivity index (χ4n) is 0.815. The fraction of sp³-hybridized carbons (Fsp3) is 0.571. The van der Waals surface area contributed by atoms with E-state index in [1.165, 1.54) is 6.20 Å². The van der Waals surface area contributed by atoms with Gasteiger partial charge in [0.15, 0.2) is 5.82 Å². The van der Waals surface area contributed by atoms with Crippen LogP contribution < -0.4 is 5.32 Å². The molecule has 0 aliphatic heterocycles. The molecule has 6 nitrogen and oxygen atoms in total. The molecule has 0 spiro atoms. The highest BCUT2D eigenvalue weighted by Gasteiger charge is 2.13.